The Morgan fingerprint density at radius 1 is 0.821 bits per heavy atom. The molecule has 0 aromatic heterocycles. The van der Waals surface area contributed by atoms with Crippen molar-refractivity contribution in [2.45, 2.75) is 42.5 Å². The average molecular weight is 397 g/mol. The molecule has 3 N–H and O–H groups in total. The van der Waals surface area contributed by atoms with Gasteiger partial charge in [-0.15, -0.1) is 0 Å². The van der Waals surface area contributed by atoms with Gasteiger partial charge in [-0.3, -0.25) is 0 Å². The van der Waals surface area contributed by atoms with Crippen LogP contribution in [-0.4, -0.2) is 24.7 Å². The lowest BCUT2D eigenvalue weighted by atomic mass is 9.81. The summed E-state index contributed by atoms with van der Waals surface area (Å²) in [4.78, 5) is 0.282. The summed E-state index contributed by atoms with van der Waals surface area (Å²) >= 11 is 0. The van der Waals surface area contributed by atoms with Gasteiger partial charge in [-0.2, -0.15) is 0 Å². The van der Waals surface area contributed by atoms with Gasteiger partial charge in [-0.05, 0) is 66.1 Å². The molecule has 0 aliphatic heterocycles. The first-order valence-corrected chi connectivity index (χ1v) is 10.9. The average Bonchev–Trinajstić information content (AvgIpc) is 2.68. The molecule has 3 aromatic carbocycles. The molecular formula is C22H23NO4S. The van der Waals surface area contributed by atoms with E-state index in [1.54, 1.807) is 24.3 Å². The Kier molecular flexibility index (Phi) is 5.00. The van der Waals surface area contributed by atoms with Crippen molar-refractivity contribution in [1.82, 2.24) is 4.72 Å². The normalized spacial score (nSPS) is 20.3. The molecule has 4 rings (SSSR count). The van der Waals surface area contributed by atoms with Crippen LogP contribution >= 0.6 is 0 Å². The van der Waals surface area contributed by atoms with E-state index in [2.05, 4.69) is 4.72 Å². The second kappa shape index (κ2) is 7.45. The van der Waals surface area contributed by atoms with E-state index in [4.69, 9.17) is 0 Å². The SMILES string of the molecule is O=S(=O)(N[C@H]1CC[C@@H](c2ccc(O)cc2O)CC1)c1ccc2ccccc2c1. The third-order valence-electron chi connectivity index (χ3n) is 5.53. The van der Waals surface area contributed by atoms with E-state index in [1.165, 1.54) is 6.07 Å². The fraction of sp³-hybridized carbons (Fsp3) is 0.273. The van der Waals surface area contributed by atoms with Gasteiger partial charge in [0.1, 0.15) is 11.5 Å². The Morgan fingerprint density at radius 3 is 2.25 bits per heavy atom. The van der Waals surface area contributed by atoms with E-state index >= 15 is 0 Å². The van der Waals surface area contributed by atoms with Crippen molar-refractivity contribution in [2.75, 3.05) is 0 Å². The van der Waals surface area contributed by atoms with Gasteiger partial charge in [0.2, 0.25) is 10.0 Å². The quantitative estimate of drug-likeness (QED) is 0.614. The van der Waals surface area contributed by atoms with Crippen LogP contribution in [0.3, 0.4) is 0 Å². The fourth-order valence-electron chi connectivity index (χ4n) is 4.02. The number of aromatic hydroxyl groups is 2. The number of nitrogens with one attached hydrogen (secondary N) is 1. The molecule has 1 fully saturated rings. The Hall–Kier alpha value is -2.57. The number of phenolic OH excluding ortho intramolecular Hbond substituents is 2. The molecule has 5 nitrogen and oxygen atoms in total. The number of fused-ring (bicyclic) bond motifs is 1. The van der Waals surface area contributed by atoms with Crippen molar-refractivity contribution in [2.24, 2.45) is 0 Å². The standard InChI is InChI=1S/C22H23NO4S/c24-19-10-12-21(22(25)14-19)16-5-8-18(9-6-16)23-28(26,27)20-11-7-15-3-1-2-4-17(15)13-20/h1-4,7,10-14,16,18,23-25H,5-6,8-9H2/t16-,18+. The van der Waals surface area contributed by atoms with Crippen LogP contribution in [0.4, 0.5) is 0 Å². The summed E-state index contributed by atoms with van der Waals surface area (Å²) in [5.41, 5.74) is 0.814. The Balaban J connectivity index is 1.44. The molecule has 3 aromatic rings. The molecule has 0 radical (unpaired) electrons. The van der Waals surface area contributed by atoms with E-state index < -0.39 is 10.0 Å². The zero-order chi connectivity index (χ0) is 19.7. The van der Waals surface area contributed by atoms with E-state index in [9.17, 15) is 18.6 Å². The second-order valence-corrected chi connectivity index (χ2v) is 9.14. The van der Waals surface area contributed by atoms with Crippen molar-refractivity contribution in [3.63, 3.8) is 0 Å². The first kappa shape index (κ1) is 18.8. The molecule has 1 saturated carbocycles. The Bertz CT molecular complexity index is 1100. The van der Waals surface area contributed by atoms with E-state index in [-0.39, 0.29) is 28.4 Å². The lowest BCUT2D eigenvalue weighted by Gasteiger charge is -2.29. The van der Waals surface area contributed by atoms with Crippen LogP contribution < -0.4 is 4.72 Å². The maximum atomic E-state index is 12.8. The summed E-state index contributed by atoms with van der Waals surface area (Å²) in [5, 5.41) is 21.4. The van der Waals surface area contributed by atoms with Crippen molar-refractivity contribution in [3.8, 4) is 11.5 Å². The van der Waals surface area contributed by atoms with Crippen LogP contribution in [0, 0.1) is 0 Å². The number of hydrogen-bond donors (Lipinski definition) is 3. The first-order chi connectivity index (χ1) is 13.4. The summed E-state index contributed by atoms with van der Waals surface area (Å²) in [7, 11) is -3.58. The highest BCUT2D eigenvalue weighted by Crippen LogP contribution is 2.38. The highest BCUT2D eigenvalue weighted by Gasteiger charge is 2.27. The summed E-state index contributed by atoms with van der Waals surface area (Å²) in [6, 6.07) is 17.4. The van der Waals surface area contributed by atoms with Crippen LogP contribution in [0.1, 0.15) is 37.2 Å². The molecule has 0 amide bonds. The van der Waals surface area contributed by atoms with Gasteiger partial charge < -0.3 is 10.2 Å². The molecule has 1 aliphatic rings. The minimum atomic E-state index is -3.58. The van der Waals surface area contributed by atoms with Crippen LogP contribution in [0.15, 0.2) is 65.6 Å². The first-order valence-electron chi connectivity index (χ1n) is 9.45. The van der Waals surface area contributed by atoms with Crippen molar-refractivity contribution >= 4 is 20.8 Å². The van der Waals surface area contributed by atoms with Gasteiger partial charge in [0, 0.05) is 12.1 Å². The monoisotopic (exact) mass is 397 g/mol. The van der Waals surface area contributed by atoms with Crippen LogP contribution in [0.2, 0.25) is 0 Å². The molecule has 0 saturated heterocycles. The number of phenols is 2. The summed E-state index contributed by atoms with van der Waals surface area (Å²) in [6.07, 6.45) is 2.97. The van der Waals surface area contributed by atoms with Gasteiger partial charge in [-0.1, -0.05) is 36.4 Å². The molecule has 0 unspecified atom stereocenters. The highest BCUT2D eigenvalue weighted by molar-refractivity contribution is 7.89. The number of benzene rings is 3. The van der Waals surface area contributed by atoms with E-state index in [1.807, 2.05) is 30.3 Å². The second-order valence-electron chi connectivity index (χ2n) is 7.42. The maximum absolute atomic E-state index is 12.8. The zero-order valence-corrected chi connectivity index (χ0v) is 16.2. The smallest absolute Gasteiger partial charge is 0.240 e. The zero-order valence-electron chi connectivity index (χ0n) is 15.4. The minimum Gasteiger partial charge on any atom is -0.508 e. The molecule has 146 valence electrons. The largest absolute Gasteiger partial charge is 0.508 e. The molecule has 28 heavy (non-hydrogen) atoms. The topological polar surface area (TPSA) is 86.6 Å². The third-order valence-corrected chi connectivity index (χ3v) is 7.05. The molecule has 0 spiro atoms. The van der Waals surface area contributed by atoms with Gasteiger partial charge in [0.15, 0.2) is 0 Å². The van der Waals surface area contributed by atoms with Gasteiger partial charge in [-0.25, -0.2) is 13.1 Å². The van der Waals surface area contributed by atoms with E-state index in [0.29, 0.717) is 12.8 Å². The van der Waals surface area contributed by atoms with E-state index in [0.717, 1.165) is 29.2 Å². The predicted molar refractivity (Wildman–Crippen MR) is 109 cm³/mol. The van der Waals surface area contributed by atoms with Crippen molar-refractivity contribution < 1.29 is 18.6 Å². The molecular weight excluding hydrogens is 374 g/mol. The summed E-state index contributed by atoms with van der Waals surface area (Å²) in [5.74, 6) is 0.306. The van der Waals surface area contributed by atoms with Gasteiger partial charge in [0.25, 0.3) is 0 Å². The number of hydrogen-bond acceptors (Lipinski definition) is 4. The predicted octanol–water partition coefficient (Wildman–Crippen LogP) is 4.26. The summed E-state index contributed by atoms with van der Waals surface area (Å²) in [6.45, 7) is 0. The molecule has 6 heteroatoms. The van der Waals surface area contributed by atoms with Gasteiger partial charge in [0.05, 0.1) is 4.90 Å². The van der Waals surface area contributed by atoms with Crippen LogP contribution in [-0.2, 0) is 10.0 Å². The highest BCUT2D eigenvalue weighted by atomic mass is 32.2. The van der Waals surface area contributed by atoms with Gasteiger partial charge >= 0.3 is 0 Å². The Morgan fingerprint density at radius 2 is 1.54 bits per heavy atom. The molecule has 0 atom stereocenters. The van der Waals surface area contributed by atoms with Crippen molar-refractivity contribution in [3.05, 3.63) is 66.2 Å². The van der Waals surface area contributed by atoms with Crippen LogP contribution in [0.5, 0.6) is 11.5 Å². The number of rotatable bonds is 4. The fourth-order valence-corrected chi connectivity index (χ4v) is 5.36. The van der Waals surface area contributed by atoms with Crippen LogP contribution in [0.25, 0.3) is 10.8 Å². The van der Waals surface area contributed by atoms with Crippen molar-refractivity contribution in [1.29, 1.82) is 0 Å². The number of sulfonamides is 1. The lowest BCUT2D eigenvalue weighted by molar-refractivity contribution is 0.362. The maximum Gasteiger partial charge on any atom is 0.240 e. The molecule has 0 heterocycles. The summed E-state index contributed by atoms with van der Waals surface area (Å²) < 4.78 is 28.5. The molecule has 1 aliphatic carbocycles. The Labute approximate surface area is 164 Å². The molecule has 0 bridgehead atoms. The minimum absolute atomic E-state index is 0.0399. The third kappa shape index (κ3) is 3.84. The lowest BCUT2D eigenvalue weighted by Crippen LogP contribution is -2.37.